The molecule has 4 aromatic rings. The molecule has 3 heterocycles. The number of nitrogens with two attached hydrogens (primary N) is 1. The lowest BCUT2D eigenvalue weighted by molar-refractivity contribution is 0.0629. The Morgan fingerprint density at radius 2 is 1.56 bits per heavy atom. The van der Waals surface area contributed by atoms with Gasteiger partial charge in [0.15, 0.2) is 0 Å². The van der Waals surface area contributed by atoms with Crippen LogP contribution in [0.25, 0.3) is 32.6 Å². The van der Waals surface area contributed by atoms with Gasteiger partial charge in [0.05, 0.1) is 11.4 Å². The fourth-order valence-electron chi connectivity index (χ4n) is 4.85. The quantitative estimate of drug-likeness (QED) is 0.404. The minimum absolute atomic E-state index is 0.0316. The van der Waals surface area contributed by atoms with Gasteiger partial charge >= 0.3 is 0 Å². The molecule has 2 N–H and O–H groups in total. The third-order valence-corrected chi connectivity index (χ3v) is 7.29. The van der Waals surface area contributed by atoms with E-state index < -0.39 is 0 Å². The van der Waals surface area contributed by atoms with E-state index in [0.29, 0.717) is 22.4 Å². The van der Waals surface area contributed by atoms with Crippen molar-refractivity contribution in [3.05, 3.63) is 71.6 Å². The number of fused-ring (bicyclic) bond motifs is 1. The first-order valence-corrected chi connectivity index (χ1v) is 12.0. The number of piperidine rings is 1. The summed E-state index contributed by atoms with van der Waals surface area (Å²) in [5.74, 6) is 1.03. The van der Waals surface area contributed by atoms with Crippen LogP contribution in [-0.2, 0) is 0 Å². The number of likely N-dealkylation sites (tertiary alicyclic amines) is 1. The normalized spacial score (nSPS) is 18.8. The Kier molecular flexibility index (Phi) is 5.43. The van der Waals surface area contributed by atoms with Gasteiger partial charge in [-0.25, -0.2) is 4.98 Å². The molecule has 0 aliphatic carbocycles. The molecule has 0 radical (unpaired) electrons. The second kappa shape index (κ2) is 8.40. The van der Waals surface area contributed by atoms with Gasteiger partial charge in [0, 0.05) is 24.0 Å². The summed E-state index contributed by atoms with van der Waals surface area (Å²) in [6, 6.07) is 22.4. The summed E-state index contributed by atoms with van der Waals surface area (Å²) in [5.41, 5.74) is 11.2. The van der Waals surface area contributed by atoms with Crippen molar-refractivity contribution in [2.75, 3.05) is 18.8 Å². The van der Waals surface area contributed by atoms with Crippen molar-refractivity contribution in [1.29, 1.82) is 0 Å². The summed E-state index contributed by atoms with van der Waals surface area (Å²) in [5, 5.41) is 0.877. The van der Waals surface area contributed by atoms with Crippen LogP contribution in [0.15, 0.2) is 66.7 Å². The summed E-state index contributed by atoms with van der Waals surface area (Å²) in [6.07, 6.45) is 1.16. The average molecular weight is 442 g/mol. The lowest BCUT2D eigenvalue weighted by Crippen LogP contribution is -2.42. The molecule has 0 saturated carbocycles. The van der Waals surface area contributed by atoms with Gasteiger partial charge in [0.2, 0.25) is 0 Å². The summed E-state index contributed by atoms with van der Waals surface area (Å²) >= 11 is 1.42. The van der Waals surface area contributed by atoms with E-state index in [1.807, 2.05) is 41.3 Å². The zero-order valence-corrected chi connectivity index (χ0v) is 19.2. The van der Waals surface area contributed by atoms with Gasteiger partial charge in [-0.2, -0.15) is 0 Å². The first kappa shape index (κ1) is 20.7. The van der Waals surface area contributed by atoms with Crippen LogP contribution in [0.4, 0.5) is 5.69 Å². The van der Waals surface area contributed by atoms with Crippen LogP contribution < -0.4 is 5.73 Å². The number of thiophene rings is 1. The molecule has 2 aromatic carbocycles. The molecule has 32 heavy (non-hydrogen) atoms. The van der Waals surface area contributed by atoms with Crippen LogP contribution >= 0.6 is 11.3 Å². The van der Waals surface area contributed by atoms with Crippen LogP contribution in [0.5, 0.6) is 0 Å². The third-order valence-electron chi connectivity index (χ3n) is 6.20. The number of carbonyl (C=O) groups is 1. The number of rotatable bonds is 3. The Morgan fingerprint density at radius 3 is 2.19 bits per heavy atom. The van der Waals surface area contributed by atoms with E-state index in [2.05, 4.69) is 44.2 Å². The highest BCUT2D eigenvalue weighted by molar-refractivity contribution is 7.21. The number of nitrogens with zero attached hydrogens (tertiary/aromatic N) is 2. The Hall–Kier alpha value is -3.18. The van der Waals surface area contributed by atoms with E-state index in [4.69, 9.17) is 10.7 Å². The number of aromatic nitrogens is 1. The van der Waals surface area contributed by atoms with Crippen LogP contribution in [0.2, 0.25) is 0 Å². The summed E-state index contributed by atoms with van der Waals surface area (Å²) in [6.45, 7) is 5.99. The highest BCUT2D eigenvalue weighted by atomic mass is 32.1. The van der Waals surface area contributed by atoms with Crippen LogP contribution in [0.1, 0.15) is 29.9 Å². The molecule has 5 rings (SSSR count). The van der Waals surface area contributed by atoms with Crippen molar-refractivity contribution in [3.8, 4) is 22.4 Å². The lowest BCUT2D eigenvalue weighted by atomic mass is 9.92. The topological polar surface area (TPSA) is 59.2 Å². The van der Waals surface area contributed by atoms with E-state index in [1.54, 1.807) is 0 Å². The maximum atomic E-state index is 13.5. The van der Waals surface area contributed by atoms with Crippen LogP contribution in [0, 0.1) is 11.8 Å². The zero-order valence-electron chi connectivity index (χ0n) is 18.4. The Labute approximate surface area is 192 Å². The second-order valence-electron chi connectivity index (χ2n) is 8.97. The van der Waals surface area contributed by atoms with Gasteiger partial charge in [-0.3, -0.25) is 4.79 Å². The third kappa shape index (κ3) is 3.78. The predicted molar refractivity (Wildman–Crippen MR) is 134 cm³/mol. The average Bonchev–Trinajstić information content (AvgIpc) is 3.15. The molecule has 0 bridgehead atoms. The van der Waals surface area contributed by atoms with Crippen molar-refractivity contribution < 1.29 is 4.79 Å². The minimum Gasteiger partial charge on any atom is -0.397 e. The zero-order chi connectivity index (χ0) is 22.2. The van der Waals surface area contributed by atoms with Gasteiger partial charge in [-0.05, 0) is 35.4 Å². The lowest BCUT2D eigenvalue weighted by Gasteiger charge is -2.34. The molecule has 162 valence electrons. The van der Waals surface area contributed by atoms with Gasteiger partial charge in [-0.15, -0.1) is 11.3 Å². The van der Waals surface area contributed by atoms with Gasteiger partial charge in [-0.1, -0.05) is 74.5 Å². The fourth-order valence-corrected chi connectivity index (χ4v) is 5.94. The van der Waals surface area contributed by atoms with Gasteiger partial charge < -0.3 is 10.6 Å². The first-order valence-electron chi connectivity index (χ1n) is 11.1. The SMILES string of the molecule is CC1CC(C)CN(C(=O)c2sc3nc(-c4ccccc4)cc(-c4ccccc4)c3c2N)C1. The molecule has 1 aliphatic heterocycles. The predicted octanol–water partition coefficient (Wildman–Crippen LogP) is 6.33. The smallest absolute Gasteiger partial charge is 0.266 e. The van der Waals surface area contributed by atoms with Crippen molar-refractivity contribution in [2.24, 2.45) is 11.8 Å². The number of amides is 1. The Morgan fingerprint density at radius 1 is 0.969 bits per heavy atom. The highest BCUT2D eigenvalue weighted by Gasteiger charge is 2.30. The molecule has 0 spiro atoms. The molecule has 2 atom stereocenters. The number of benzene rings is 2. The number of hydrogen-bond donors (Lipinski definition) is 1. The van der Waals surface area contributed by atoms with E-state index in [1.165, 1.54) is 11.3 Å². The van der Waals surface area contributed by atoms with Crippen LogP contribution in [-0.4, -0.2) is 28.9 Å². The number of nitrogen functional groups attached to an aromatic ring is 1. The van der Waals surface area contributed by atoms with E-state index >= 15 is 0 Å². The molecular formula is C27H27N3OS. The van der Waals surface area contributed by atoms with Crippen LogP contribution in [0.3, 0.4) is 0 Å². The highest BCUT2D eigenvalue weighted by Crippen LogP contribution is 2.42. The van der Waals surface area contributed by atoms with E-state index in [9.17, 15) is 4.79 Å². The maximum absolute atomic E-state index is 13.5. The minimum atomic E-state index is 0.0316. The van der Waals surface area contributed by atoms with Gasteiger partial charge in [0.1, 0.15) is 9.71 Å². The molecule has 2 unspecified atom stereocenters. The number of hydrogen-bond acceptors (Lipinski definition) is 4. The largest absolute Gasteiger partial charge is 0.397 e. The van der Waals surface area contributed by atoms with E-state index in [-0.39, 0.29) is 5.91 Å². The summed E-state index contributed by atoms with van der Waals surface area (Å²) < 4.78 is 0. The first-order chi connectivity index (χ1) is 15.5. The molecule has 1 aliphatic rings. The van der Waals surface area contributed by atoms with Gasteiger partial charge in [0.25, 0.3) is 5.91 Å². The van der Waals surface area contributed by atoms with E-state index in [0.717, 1.165) is 52.1 Å². The molecule has 5 heteroatoms. The molecule has 4 nitrogen and oxygen atoms in total. The standard InChI is InChI=1S/C27H27N3OS/c1-17-13-18(2)16-30(15-17)27(31)25-24(28)23-21(19-9-5-3-6-10-19)14-22(29-26(23)32-25)20-11-7-4-8-12-20/h3-12,14,17-18H,13,15-16,28H2,1-2H3. The number of pyridine rings is 1. The molecule has 1 amide bonds. The monoisotopic (exact) mass is 441 g/mol. The second-order valence-corrected chi connectivity index (χ2v) is 9.97. The molecular weight excluding hydrogens is 414 g/mol. The molecule has 2 aromatic heterocycles. The number of anilines is 1. The van der Waals surface area contributed by atoms with Crippen molar-refractivity contribution in [2.45, 2.75) is 20.3 Å². The summed E-state index contributed by atoms with van der Waals surface area (Å²) in [4.78, 5) is 21.8. The maximum Gasteiger partial charge on any atom is 0.266 e. The molecule has 1 fully saturated rings. The number of carbonyl (C=O) groups excluding carboxylic acids is 1. The van der Waals surface area contributed by atoms with Crippen molar-refractivity contribution >= 4 is 33.1 Å². The summed E-state index contributed by atoms with van der Waals surface area (Å²) in [7, 11) is 0. The molecule has 1 saturated heterocycles. The Bertz CT molecular complexity index is 1260. The Balaban J connectivity index is 1.67. The van der Waals surface area contributed by atoms with Crippen molar-refractivity contribution in [3.63, 3.8) is 0 Å². The fraction of sp³-hybridized carbons (Fsp3) is 0.259. The van der Waals surface area contributed by atoms with Crippen molar-refractivity contribution in [1.82, 2.24) is 9.88 Å².